The molecule has 0 fully saturated rings. The van der Waals surface area contributed by atoms with E-state index in [2.05, 4.69) is 31.0 Å². The summed E-state index contributed by atoms with van der Waals surface area (Å²) in [6.45, 7) is 0. The molecule has 0 radical (unpaired) electrons. The van der Waals surface area contributed by atoms with Crippen LogP contribution in [0.4, 0.5) is 8.78 Å². The number of hydrogen-bond acceptors (Lipinski definition) is 3. The van der Waals surface area contributed by atoms with Gasteiger partial charge in [0.2, 0.25) is 0 Å². The maximum absolute atomic E-state index is 12.7. The molecule has 0 N–H and O–H groups in total. The normalized spacial score (nSPS) is 11.1. The van der Waals surface area contributed by atoms with E-state index in [1.165, 1.54) is 4.68 Å². The highest BCUT2D eigenvalue weighted by molar-refractivity contribution is 9.10. The van der Waals surface area contributed by atoms with Crippen molar-refractivity contribution in [1.29, 1.82) is 0 Å². The monoisotopic (exact) mass is 302 g/mol. The van der Waals surface area contributed by atoms with E-state index in [4.69, 9.17) is 0 Å². The first-order valence-electron chi connectivity index (χ1n) is 4.83. The van der Waals surface area contributed by atoms with E-state index >= 15 is 0 Å². The average molecular weight is 303 g/mol. The van der Waals surface area contributed by atoms with Crippen molar-refractivity contribution < 1.29 is 8.78 Å². The molecule has 0 aromatic carbocycles. The second-order valence-electron chi connectivity index (χ2n) is 3.51. The van der Waals surface area contributed by atoms with E-state index < -0.39 is 6.43 Å². The third-order valence-electron chi connectivity index (χ3n) is 2.17. The summed E-state index contributed by atoms with van der Waals surface area (Å²) in [5.41, 5.74) is 0.240. The van der Waals surface area contributed by atoms with E-state index in [0.717, 1.165) is 4.47 Å². The minimum atomic E-state index is -2.58. The Hall–Kier alpha value is -1.37. The molecular formula is C10H9BrF2N4. The third-order valence-corrected chi connectivity index (χ3v) is 2.58. The van der Waals surface area contributed by atoms with Gasteiger partial charge in [-0.3, -0.25) is 4.68 Å². The van der Waals surface area contributed by atoms with Crippen molar-refractivity contribution in [3.63, 3.8) is 0 Å². The van der Waals surface area contributed by atoms with E-state index in [1.807, 2.05) is 0 Å². The van der Waals surface area contributed by atoms with Crippen molar-refractivity contribution in [3.8, 4) is 0 Å². The maximum atomic E-state index is 12.7. The molecule has 0 atom stereocenters. The van der Waals surface area contributed by atoms with Crippen LogP contribution in [0.1, 0.15) is 23.5 Å². The fourth-order valence-corrected chi connectivity index (χ4v) is 1.68. The van der Waals surface area contributed by atoms with E-state index in [9.17, 15) is 8.78 Å². The van der Waals surface area contributed by atoms with Gasteiger partial charge >= 0.3 is 0 Å². The van der Waals surface area contributed by atoms with Gasteiger partial charge in [-0.1, -0.05) is 0 Å². The van der Waals surface area contributed by atoms with Gasteiger partial charge < -0.3 is 0 Å². The molecule has 7 heteroatoms. The fourth-order valence-electron chi connectivity index (χ4n) is 1.48. The summed E-state index contributed by atoms with van der Waals surface area (Å²) >= 11 is 3.21. The predicted octanol–water partition coefficient (Wildman–Crippen LogP) is 2.50. The Morgan fingerprint density at radius 2 is 2.00 bits per heavy atom. The van der Waals surface area contributed by atoms with E-state index in [0.29, 0.717) is 11.4 Å². The van der Waals surface area contributed by atoms with Gasteiger partial charge in [-0.25, -0.2) is 18.7 Å². The lowest BCUT2D eigenvalue weighted by molar-refractivity contribution is 0.144. The molecule has 0 aliphatic heterocycles. The lowest BCUT2D eigenvalue weighted by Gasteiger charge is -2.00. The first kappa shape index (κ1) is 12.1. The molecule has 2 rings (SSSR count). The Morgan fingerprint density at radius 1 is 1.35 bits per heavy atom. The zero-order valence-electron chi connectivity index (χ0n) is 8.94. The van der Waals surface area contributed by atoms with Crippen LogP contribution in [0.25, 0.3) is 0 Å². The van der Waals surface area contributed by atoms with Crippen molar-refractivity contribution >= 4 is 15.9 Å². The lowest BCUT2D eigenvalue weighted by atomic mass is 10.2. The largest absolute Gasteiger partial charge is 0.282 e. The highest BCUT2D eigenvalue weighted by Crippen LogP contribution is 2.22. The number of aromatic nitrogens is 4. The number of alkyl halides is 2. The summed E-state index contributed by atoms with van der Waals surface area (Å²) in [6, 6.07) is 0. The second kappa shape index (κ2) is 4.87. The molecule has 0 saturated heterocycles. The van der Waals surface area contributed by atoms with Gasteiger partial charge in [0.05, 0.1) is 4.47 Å². The molecule has 0 bridgehead atoms. The third kappa shape index (κ3) is 2.85. The Labute approximate surface area is 105 Å². The number of hydrogen-bond donors (Lipinski definition) is 0. The van der Waals surface area contributed by atoms with Crippen molar-refractivity contribution in [3.05, 3.63) is 40.1 Å². The smallest absolute Gasteiger partial charge is 0.275 e. The molecule has 4 nitrogen and oxygen atoms in total. The first-order chi connectivity index (χ1) is 8.06. The van der Waals surface area contributed by atoms with Crippen LogP contribution in [-0.4, -0.2) is 19.7 Å². The zero-order valence-corrected chi connectivity index (χ0v) is 10.5. The minimum absolute atomic E-state index is 0.209. The van der Waals surface area contributed by atoms with E-state index in [-0.39, 0.29) is 12.1 Å². The van der Waals surface area contributed by atoms with Gasteiger partial charge in [-0.2, -0.15) is 5.10 Å². The number of nitrogens with zero attached hydrogens (tertiary/aromatic N) is 4. The van der Waals surface area contributed by atoms with Gasteiger partial charge in [-0.05, 0) is 15.9 Å². The minimum Gasteiger partial charge on any atom is -0.275 e. The van der Waals surface area contributed by atoms with Crippen molar-refractivity contribution in [2.24, 2.45) is 7.05 Å². The molecule has 0 saturated carbocycles. The van der Waals surface area contributed by atoms with Gasteiger partial charge in [0.25, 0.3) is 6.43 Å². The quantitative estimate of drug-likeness (QED) is 0.875. The maximum Gasteiger partial charge on any atom is 0.282 e. The summed E-state index contributed by atoms with van der Waals surface area (Å²) in [7, 11) is 1.61. The van der Waals surface area contributed by atoms with Gasteiger partial charge in [0.1, 0.15) is 11.5 Å². The molecule has 0 amide bonds. The van der Waals surface area contributed by atoms with Gasteiger partial charge in [-0.15, -0.1) is 0 Å². The number of halogens is 3. The first-order valence-corrected chi connectivity index (χ1v) is 5.62. The molecule has 0 unspecified atom stereocenters. The zero-order chi connectivity index (χ0) is 12.4. The summed E-state index contributed by atoms with van der Waals surface area (Å²) in [5.74, 6) is 0.489. The number of rotatable bonds is 3. The van der Waals surface area contributed by atoms with Crippen LogP contribution >= 0.6 is 15.9 Å². The molecule has 0 aliphatic rings. The molecule has 2 aromatic rings. The van der Waals surface area contributed by atoms with Gasteiger partial charge in [0, 0.05) is 37.6 Å². The summed E-state index contributed by atoms with van der Waals surface area (Å²) < 4.78 is 27.5. The Kier molecular flexibility index (Phi) is 3.46. The molecule has 2 aromatic heterocycles. The van der Waals surface area contributed by atoms with Crippen molar-refractivity contribution in [2.75, 3.05) is 0 Å². The van der Waals surface area contributed by atoms with Crippen LogP contribution in [0.5, 0.6) is 0 Å². The summed E-state index contributed by atoms with van der Waals surface area (Å²) in [4.78, 5) is 8.09. The van der Waals surface area contributed by atoms with Gasteiger partial charge in [0.15, 0.2) is 0 Å². The Morgan fingerprint density at radius 3 is 2.59 bits per heavy atom. The average Bonchev–Trinajstić information content (AvgIpc) is 2.63. The van der Waals surface area contributed by atoms with Crippen molar-refractivity contribution in [1.82, 2.24) is 19.7 Å². The van der Waals surface area contributed by atoms with Crippen LogP contribution < -0.4 is 0 Å². The molecule has 2 heterocycles. The molecular weight excluding hydrogens is 294 g/mol. The second-order valence-corrected chi connectivity index (χ2v) is 4.42. The fraction of sp³-hybridized carbons (Fsp3) is 0.300. The SMILES string of the molecule is Cn1cc(Cc2ncc(Br)cn2)c(C(F)F)n1. The van der Waals surface area contributed by atoms with Crippen LogP contribution in [0.3, 0.4) is 0 Å². The van der Waals surface area contributed by atoms with Crippen LogP contribution in [0, 0.1) is 0 Å². The molecule has 90 valence electrons. The highest BCUT2D eigenvalue weighted by Gasteiger charge is 2.18. The summed E-state index contributed by atoms with van der Waals surface area (Å²) in [6.07, 6.45) is 2.40. The topological polar surface area (TPSA) is 43.6 Å². The van der Waals surface area contributed by atoms with Crippen LogP contribution in [0.15, 0.2) is 23.1 Å². The van der Waals surface area contributed by atoms with E-state index in [1.54, 1.807) is 25.6 Å². The molecule has 17 heavy (non-hydrogen) atoms. The Bertz CT molecular complexity index is 510. The highest BCUT2D eigenvalue weighted by atomic mass is 79.9. The lowest BCUT2D eigenvalue weighted by Crippen LogP contribution is -1.98. The number of aryl methyl sites for hydroxylation is 1. The predicted molar refractivity (Wildman–Crippen MR) is 60.7 cm³/mol. The van der Waals surface area contributed by atoms with Crippen LogP contribution in [0.2, 0.25) is 0 Å². The van der Waals surface area contributed by atoms with Crippen molar-refractivity contribution in [2.45, 2.75) is 12.8 Å². The molecule has 0 aliphatic carbocycles. The van der Waals surface area contributed by atoms with Crippen LogP contribution in [-0.2, 0) is 13.5 Å². The Balaban J connectivity index is 2.26. The summed E-state index contributed by atoms with van der Waals surface area (Å²) in [5, 5.41) is 3.73. The molecule has 0 spiro atoms. The standard InChI is InChI=1S/C10H9BrF2N4/c1-17-5-6(9(16-17)10(12)13)2-8-14-3-7(11)4-15-8/h3-5,10H,2H2,1H3.